The first-order valence-electron chi connectivity index (χ1n) is 4.08. The Morgan fingerprint density at radius 2 is 2.42 bits per heavy atom. The zero-order chi connectivity index (χ0) is 8.77. The Morgan fingerprint density at radius 1 is 1.75 bits per heavy atom. The average molecular weight is 230 g/mol. The van der Waals surface area contributed by atoms with Gasteiger partial charge >= 0.3 is 0 Å². The summed E-state index contributed by atoms with van der Waals surface area (Å²) in [5, 5.41) is 4.18. The van der Waals surface area contributed by atoms with E-state index in [9.17, 15) is 0 Å². The number of rotatable bonds is 2. The molecule has 12 heavy (non-hydrogen) atoms. The molecule has 0 bridgehead atoms. The highest BCUT2D eigenvalue weighted by Gasteiger charge is 2.45. The van der Waals surface area contributed by atoms with Crippen LogP contribution in [0.15, 0.2) is 10.8 Å². The molecule has 0 amide bonds. The first-order chi connectivity index (χ1) is 5.69. The Hall–Kier alpha value is -0.350. The molecule has 1 aromatic heterocycles. The van der Waals surface area contributed by atoms with Crippen molar-refractivity contribution in [3.8, 4) is 0 Å². The van der Waals surface area contributed by atoms with Gasteiger partial charge in [0.25, 0.3) is 0 Å². The van der Waals surface area contributed by atoms with E-state index in [1.54, 1.807) is 0 Å². The van der Waals surface area contributed by atoms with Gasteiger partial charge in [0.1, 0.15) is 4.60 Å². The summed E-state index contributed by atoms with van der Waals surface area (Å²) in [6, 6.07) is 0. The van der Waals surface area contributed by atoms with E-state index >= 15 is 0 Å². The number of aryl methyl sites for hydroxylation is 1. The van der Waals surface area contributed by atoms with Crippen LogP contribution in [0.1, 0.15) is 18.4 Å². The van der Waals surface area contributed by atoms with Gasteiger partial charge in [-0.1, -0.05) is 0 Å². The van der Waals surface area contributed by atoms with Crippen molar-refractivity contribution in [2.75, 3.05) is 6.54 Å². The summed E-state index contributed by atoms with van der Waals surface area (Å²) in [7, 11) is 1.93. The van der Waals surface area contributed by atoms with Crippen molar-refractivity contribution in [1.82, 2.24) is 9.78 Å². The molecule has 2 N–H and O–H groups in total. The van der Waals surface area contributed by atoms with E-state index in [4.69, 9.17) is 5.73 Å². The third-order valence-corrected chi connectivity index (χ3v) is 3.62. The lowest BCUT2D eigenvalue weighted by molar-refractivity contribution is 0.692. The Balaban J connectivity index is 2.40. The van der Waals surface area contributed by atoms with Crippen molar-refractivity contribution in [1.29, 1.82) is 0 Å². The lowest BCUT2D eigenvalue weighted by Gasteiger charge is -2.09. The molecular weight excluding hydrogens is 218 g/mol. The standard InChI is InChI=1S/C8H12BrN3/c1-12-7(9)6(4-11-12)8(5-10)2-3-8/h4H,2-3,5,10H2,1H3. The molecule has 1 aromatic rings. The van der Waals surface area contributed by atoms with Gasteiger partial charge in [-0.3, -0.25) is 4.68 Å². The molecule has 1 aliphatic rings. The van der Waals surface area contributed by atoms with Crippen LogP contribution in [-0.4, -0.2) is 16.3 Å². The summed E-state index contributed by atoms with van der Waals surface area (Å²) in [6.45, 7) is 0.733. The van der Waals surface area contributed by atoms with E-state index in [0.29, 0.717) is 0 Å². The van der Waals surface area contributed by atoms with Crippen LogP contribution in [0.4, 0.5) is 0 Å². The molecule has 0 spiro atoms. The third-order valence-electron chi connectivity index (χ3n) is 2.68. The van der Waals surface area contributed by atoms with E-state index in [1.807, 2.05) is 17.9 Å². The lowest BCUT2D eigenvalue weighted by atomic mass is 10.0. The number of aromatic nitrogens is 2. The van der Waals surface area contributed by atoms with Gasteiger partial charge in [0.2, 0.25) is 0 Å². The maximum atomic E-state index is 5.72. The normalized spacial score (nSPS) is 19.6. The number of halogens is 1. The second-order valence-electron chi connectivity index (χ2n) is 3.46. The van der Waals surface area contributed by atoms with Gasteiger partial charge in [0.05, 0.1) is 6.20 Å². The highest BCUT2D eigenvalue weighted by molar-refractivity contribution is 9.10. The topological polar surface area (TPSA) is 43.8 Å². The van der Waals surface area contributed by atoms with Crippen molar-refractivity contribution in [2.45, 2.75) is 18.3 Å². The number of nitrogens with two attached hydrogens (primary N) is 1. The van der Waals surface area contributed by atoms with Crippen molar-refractivity contribution in [3.63, 3.8) is 0 Å². The molecule has 0 saturated heterocycles. The summed E-state index contributed by atoms with van der Waals surface area (Å²) in [6.07, 6.45) is 4.32. The average Bonchev–Trinajstić information content (AvgIpc) is 2.79. The highest BCUT2D eigenvalue weighted by Crippen LogP contribution is 2.49. The van der Waals surface area contributed by atoms with Crippen LogP contribution in [0.25, 0.3) is 0 Å². The quantitative estimate of drug-likeness (QED) is 0.828. The van der Waals surface area contributed by atoms with Crippen LogP contribution in [-0.2, 0) is 12.5 Å². The van der Waals surface area contributed by atoms with Gasteiger partial charge in [-0.05, 0) is 28.8 Å². The fourth-order valence-corrected chi connectivity index (χ4v) is 2.13. The predicted octanol–water partition coefficient (Wildman–Crippen LogP) is 1.17. The molecule has 0 radical (unpaired) electrons. The summed E-state index contributed by atoms with van der Waals surface area (Å²) in [4.78, 5) is 0. The van der Waals surface area contributed by atoms with Crippen molar-refractivity contribution < 1.29 is 0 Å². The Bertz CT molecular complexity index is 301. The van der Waals surface area contributed by atoms with Gasteiger partial charge in [-0.25, -0.2) is 0 Å². The fraction of sp³-hybridized carbons (Fsp3) is 0.625. The molecule has 2 rings (SSSR count). The van der Waals surface area contributed by atoms with Crippen LogP contribution in [0.5, 0.6) is 0 Å². The predicted molar refractivity (Wildman–Crippen MR) is 50.9 cm³/mol. The monoisotopic (exact) mass is 229 g/mol. The second-order valence-corrected chi connectivity index (χ2v) is 4.21. The van der Waals surface area contributed by atoms with Gasteiger partial charge in [-0.2, -0.15) is 5.10 Å². The van der Waals surface area contributed by atoms with Crippen LogP contribution >= 0.6 is 15.9 Å². The van der Waals surface area contributed by atoms with Crippen molar-refractivity contribution in [3.05, 3.63) is 16.4 Å². The number of nitrogens with zero attached hydrogens (tertiary/aromatic N) is 2. The molecular formula is C8H12BrN3. The third kappa shape index (κ3) is 1.02. The number of hydrogen-bond acceptors (Lipinski definition) is 2. The smallest absolute Gasteiger partial charge is 0.107 e. The van der Waals surface area contributed by atoms with Gasteiger partial charge in [0, 0.05) is 24.6 Å². The molecule has 0 unspecified atom stereocenters. The van der Waals surface area contributed by atoms with Crippen LogP contribution in [0.2, 0.25) is 0 Å². The maximum absolute atomic E-state index is 5.72. The highest BCUT2D eigenvalue weighted by atomic mass is 79.9. The van der Waals surface area contributed by atoms with Crippen molar-refractivity contribution >= 4 is 15.9 Å². The Labute approximate surface area is 80.1 Å². The molecule has 0 atom stereocenters. The fourth-order valence-electron chi connectivity index (χ4n) is 1.51. The summed E-state index contributed by atoms with van der Waals surface area (Å²) >= 11 is 3.51. The molecule has 0 aliphatic heterocycles. The molecule has 3 nitrogen and oxygen atoms in total. The summed E-state index contributed by atoms with van der Waals surface area (Å²) in [5.41, 5.74) is 7.24. The van der Waals surface area contributed by atoms with E-state index in [-0.39, 0.29) is 5.41 Å². The molecule has 4 heteroatoms. The minimum absolute atomic E-state index is 0.243. The largest absolute Gasteiger partial charge is 0.330 e. The summed E-state index contributed by atoms with van der Waals surface area (Å²) in [5.74, 6) is 0. The van der Waals surface area contributed by atoms with Gasteiger partial charge in [0.15, 0.2) is 0 Å². The second kappa shape index (κ2) is 2.57. The Kier molecular flexibility index (Phi) is 1.77. The number of hydrogen-bond donors (Lipinski definition) is 1. The van der Waals surface area contributed by atoms with E-state index in [1.165, 1.54) is 18.4 Å². The van der Waals surface area contributed by atoms with Crippen LogP contribution < -0.4 is 5.73 Å². The lowest BCUT2D eigenvalue weighted by Crippen LogP contribution is -2.19. The van der Waals surface area contributed by atoms with E-state index in [0.717, 1.165) is 11.1 Å². The minimum Gasteiger partial charge on any atom is -0.330 e. The first kappa shape index (κ1) is 8.26. The molecule has 1 saturated carbocycles. The van der Waals surface area contributed by atoms with E-state index < -0.39 is 0 Å². The molecule has 1 heterocycles. The van der Waals surface area contributed by atoms with Gasteiger partial charge in [-0.15, -0.1) is 0 Å². The minimum atomic E-state index is 0.243. The van der Waals surface area contributed by atoms with E-state index in [2.05, 4.69) is 21.0 Å². The zero-order valence-corrected chi connectivity index (χ0v) is 8.63. The zero-order valence-electron chi connectivity index (χ0n) is 7.05. The van der Waals surface area contributed by atoms with Gasteiger partial charge < -0.3 is 5.73 Å². The molecule has 66 valence electrons. The first-order valence-corrected chi connectivity index (χ1v) is 4.87. The van der Waals surface area contributed by atoms with Crippen LogP contribution in [0, 0.1) is 0 Å². The molecule has 1 aliphatic carbocycles. The Morgan fingerprint density at radius 3 is 2.75 bits per heavy atom. The SMILES string of the molecule is Cn1ncc(C2(CN)CC2)c1Br. The molecule has 1 fully saturated rings. The maximum Gasteiger partial charge on any atom is 0.107 e. The van der Waals surface area contributed by atoms with Crippen LogP contribution in [0.3, 0.4) is 0 Å². The van der Waals surface area contributed by atoms with Crippen molar-refractivity contribution in [2.24, 2.45) is 12.8 Å². The summed E-state index contributed by atoms with van der Waals surface area (Å²) < 4.78 is 2.91. The molecule has 0 aromatic carbocycles.